The fraction of sp³-hybridized carbons (Fsp3) is 0.333. The molecule has 1 aliphatic heterocycles. The zero-order chi connectivity index (χ0) is 19.5. The number of pyridine rings is 1. The van der Waals surface area contributed by atoms with Crippen molar-refractivity contribution in [1.29, 1.82) is 0 Å². The molecule has 0 bridgehead atoms. The molecule has 0 radical (unpaired) electrons. The van der Waals surface area contributed by atoms with Gasteiger partial charge in [0.2, 0.25) is 0 Å². The number of nitrogens with zero attached hydrogens (tertiary/aromatic N) is 4. The van der Waals surface area contributed by atoms with Crippen LogP contribution in [0.5, 0.6) is 0 Å². The summed E-state index contributed by atoms with van der Waals surface area (Å²) >= 11 is 0. The molecular formula is C21H24FN5O. The minimum Gasteiger partial charge on any atom is -0.369 e. The maximum atomic E-state index is 13.1. The Morgan fingerprint density at radius 2 is 1.86 bits per heavy atom. The summed E-state index contributed by atoms with van der Waals surface area (Å²) in [5.41, 5.74) is 3.16. The Kier molecular flexibility index (Phi) is 5.25. The van der Waals surface area contributed by atoms with Gasteiger partial charge < -0.3 is 10.2 Å². The Bertz CT molecular complexity index is 961. The molecule has 1 aromatic carbocycles. The van der Waals surface area contributed by atoms with E-state index >= 15 is 0 Å². The molecule has 1 amide bonds. The topological polar surface area (TPSA) is 52.9 Å². The van der Waals surface area contributed by atoms with Gasteiger partial charge in [-0.05, 0) is 43.3 Å². The summed E-state index contributed by atoms with van der Waals surface area (Å²) in [6.07, 6.45) is 1.86. The molecular weight excluding hydrogens is 357 g/mol. The molecule has 3 heterocycles. The number of aryl methyl sites for hydroxylation is 1. The van der Waals surface area contributed by atoms with Crippen molar-refractivity contribution in [3.8, 4) is 0 Å². The van der Waals surface area contributed by atoms with Crippen molar-refractivity contribution in [2.75, 3.05) is 44.2 Å². The maximum Gasteiger partial charge on any atom is 0.270 e. The van der Waals surface area contributed by atoms with Gasteiger partial charge in [0.15, 0.2) is 0 Å². The number of aromatic nitrogens is 2. The fourth-order valence-electron chi connectivity index (χ4n) is 3.68. The number of nitrogens with one attached hydrogen (secondary N) is 1. The van der Waals surface area contributed by atoms with Crippen molar-refractivity contribution >= 4 is 17.2 Å². The summed E-state index contributed by atoms with van der Waals surface area (Å²) in [7, 11) is 0. The number of hydrogen-bond acceptors (Lipinski definition) is 4. The number of benzene rings is 1. The van der Waals surface area contributed by atoms with Crippen molar-refractivity contribution in [2.45, 2.75) is 6.92 Å². The summed E-state index contributed by atoms with van der Waals surface area (Å²) in [6.45, 7) is 6.88. The van der Waals surface area contributed by atoms with E-state index in [1.807, 2.05) is 47.9 Å². The fourth-order valence-corrected chi connectivity index (χ4v) is 3.68. The van der Waals surface area contributed by atoms with Crippen molar-refractivity contribution in [3.05, 3.63) is 65.9 Å². The van der Waals surface area contributed by atoms with Crippen LogP contribution in [0.25, 0.3) is 5.65 Å². The lowest BCUT2D eigenvalue weighted by molar-refractivity contribution is 0.0941. The van der Waals surface area contributed by atoms with E-state index < -0.39 is 0 Å². The van der Waals surface area contributed by atoms with Crippen LogP contribution in [-0.4, -0.2) is 59.5 Å². The Hall–Kier alpha value is -2.93. The first kappa shape index (κ1) is 18.4. The Morgan fingerprint density at radius 3 is 2.61 bits per heavy atom. The highest BCUT2D eigenvalue weighted by Gasteiger charge is 2.19. The molecule has 1 aliphatic rings. The monoisotopic (exact) mass is 381 g/mol. The summed E-state index contributed by atoms with van der Waals surface area (Å²) in [5, 5.41) is 3.02. The van der Waals surface area contributed by atoms with Crippen LogP contribution in [0.1, 0.15) is 16.2 Å². The van der Waals surface area contributed by atoms with E-state index in [2.05, 4.69) is 20.1 Å². The standard InChI is InChI=1S/C21H24FN5O/c1-16-20(27-10-3-2-4-19(27)24-16)21(28)23-9-11-25-12-14-26(15-13-25)18-7-5-17(22)6-8-18/h2-8,10H,9,11-15H2,1H3,(H,23,28). The molecule has 7 heteroatoms. The zero-order valence-electron chi connectivity index (χ0n) is 15.9. The lowest BCUT2D eigenvalue weighted by atomic mass is 10.2. The smallest absolute Gasteiger partial charge is 0.270 e. The minimum atomic E-state index is -0.209. The second-order valence-electron chi connectivity index (χ2n) is 7.04. The van der Waals surface area contributed by atoms with Crippen LogP contribution in [0.15, 0.2) is 48.7 Å². The van der Waals surface area contributed by atoms with Gasteiger partial charge in [0.25, 0.3) is 5.91 Å². The average Bonchev–Trinajstić information content (AvgIpc) is 3.05. The van der Waals surface area contributed by atoms with Crippen LogP contribution in [0.2, 0.25) is 0 Å². The highest BCUT2D eigenvalue weighted by molar-refractivity contribution is 5.94. The van der Waals surface area contributed by atoms with Gasteiger partial charge in [-0.2, -0.15) is 0 Å². The normalized spacial score (nSPS) is 15.1. The highest BCUT2D eigenvalue weighted by Crippen LogP contribution is 2.17. The van der Waals surface area contributed by atoms with Gasteiger partial charge in [-0.25, -0.2) is 9.37 Å². The molecule has 2 aromatic heterocycles. The molecule has 0 saturated carbocycles. The van der Waals surface area contributed by atoms with E-state index in [0.717, 1.165) is 49.8 Å². The zero-order valence-corrected chi connectivity index (χ0v) is 15.9. The van der Waals surface area contributed by atoms with Crippen LogP contribution in [0.4, 0.5) is 10.1 Å². The second-order valence-corrected chi connectivity index (χ2v) is 7.04. The number of fused-ring (bicyclic) bond motifs is 1. The molecule has 146 valence electrons. The molecule has 4 rings (SSSR count). The number of piperazine rings is 1. The van der Waals surface area contributed by atoms with E-state index in [-0.39, 0.29) is 11.7 Å². The molecule has 0 atom stereocenters. The first-order chi connectivity index (χ1) is 13.6. The van der Waals surface area contributed by atoms with E-state index in [4.69, 9.17) is 0 Å². The third kappa shape index (κ3) is 3.84. The molecule has 3 aromatic rings. The third-order valence-electron chi connectivity index (χ3n) is 5.20. The van der Waals surface area contributed by atoms with Gasteiger partial charge in [0, 0.05) is 51.2 Å². The van der Waals surface area contributed by atoms with Gasteiger partial charge in [-0.3, -0.25) is 14.1 Å². The molecule has 0 spiro atoms. The molecule has 1 saturated heterocycles. The van der Waals surface area contributed by atoms with Crippen molar-refractivity contribution < 1.29 is 9.18 Å². The lowest BCUT2D eigenvalue weighted by Gasteiger charge is -2.36. The Morgan fingerprint density at radius 1 is 1.11 bits per heavy atom. The third-order valence-corrected chi connectivity index (χ3v) is 5.20. The predicted molar refractivity (Wildman–Crippen MR) is 107 cm³/mol. The van der Waals surface area contributed by atoms with Gasteiger partial charge in [-0.1, -0.05) is 6.07 Å². The largest absolute Gasteiger partial charge is 0.369 e. The number of anilines is 1. The second kappa shape index (κ2) is 7.98. The van der Waals surface area contributed by atoms with Crippen molar-refractivity contribution in [1.82, 2.24) is 19.6 Å². The molecule has 1 fully saturated rings. The van der Waals surface area contributed by atoms with Crippen LogP contribution in [0, 0.1) is 12.7 Å². The average molecular weight is 381 g/mol. The van der Waals surface area contributed by atoms with Crippen molar-refractivity contribution in [2.24, 2.45) is 0 Å². The van der Waals surface area contributed by atoms with Gasteiger partial charge in [0.1, 0.15) is 17.2 Å². The number of carbonyl (C=O) groups is 1. The predicted octanol–water partition coefficient (Wildman–Crippen LogP) is 2.33. The van der Waals surface area contributed by atoms with E-state index in [9.17, 15) is 9.18 Å². The Labute approximate surface area is 163 Å². The van der Waals surface area contributed by atoms with Gasteiger partial charge >= 0.3 is 0 Å². The first-order valence-electron chi connectivity index (χ1n) is 9.56. The number of carbonyl (C=O) groups excluding carboxylic acids is 1. The maximum absolute atomic E-state index is 13.1. The first-order valence-corrected chi connectivity index (χ1v) is 9.56. The lowest BCUT2D eigenvalue weighted by Crippen LogP contribution is -2.48. The SMILES string of the molecule is Cc1nc2ccccn2c1C(=O)NCCN1CCN(c2ccc(F)cc2)CC1. The number of imidazole rings is 1. The molecule has 28 heavy (non-hydrogen) atoms. The molecule has 6 nitrogen and oxygen atoms in total. The van der Waals surface area contributed by atoms with Crippen LogP contribution in [-0.2, 0) is 0 Å². The van der Waals surface area contributed by atoms with Gasteiger partial charge in [0.05, 0.1) is 5.69 Å². The van der Waals surface area contributed by atoms with Crippen molar-refractivity contribution in [3.63, 3.8) is 0 Å². The van der Waals surface area contributed by atoms with Crippen LogP contribution < -0.4 is 10.2 Å². The summed E-state index contributed by atoms with van der Waals surface area (Å²) in [4.78, 5) is 21.7. The summed E-state index contributed by atoms with van der Waals surface area (Å²) in [5.74, 6) is -0.305. The molecule has 0 aliphatic carbocycles. The number of rotatable bonds is 5. The van der Waals surface area contributed by atoms with E-state index in [1.165, 1.54) is 12.1 Å². The Balaban J connectivity index is 1.27. The van der Waals surface area contributed by atoms with E-state index in [0.29, 0.717) is 12.2 Å². The van der Waals surface area contributed by atoms with Crippen LogP contribution in [0.3, 0.4) is 0 Å². The summed E-state index contributed by atoms with van der Waals surface area (Å²) < 4.78 is 14.9. The minimum absolute atomic E-state index is 0.0962. The van der Waals surface area contributed by atoms with Crippen LogP contribution >= 0.6 is 0 Å². The number of hydrogen-bond donors (Lipinski definition) is 1. The van der Waals surface area contributed by atoms with E-state index in [1.54, 1.807) is 0 Å². The molecule has 0 unspecified atom stereocenters. The number of amides is 1. The number of halogens is 1. The van der Waals surface area contributed by atoms with Gasteiger partial charge in [-0.15, -0.1) is 0 Å². The summed E-state index contributed by atoms with van der Waals surface area (Å²) in [6, 6.07) is 12.3. The quantitative estimate of drug-likeness (QED) is 0.737. The molecule has 1 N–H and O–H groups in total. The highest BCUT2D eigenvalue weighted by atomic mass is 19.1.